The Balaban J connectivity index is 2.26. The van der Waals surface area contributed by atoms with E-state index in [0.717, 1.165) is 11.3 Å². The van der Waals surface area contributed by atoms with Crippen molar-refractivity contribution in [1.29, 1.82) is 0 Å². The summed E-state index contributed by atoms with van der Waals surface area (Å²) in [5.74, 6) is 0.294. The second-order valence-electron chi connectivity index (χ2n) is 4.77. The third kappa shape index (κ3) is 3.28. The highest BCUT2D eigenvalue weighted by atomic mass is 16.6. The Bertz CT molecular complexity index is 615. The number of anilines is 1. The standard InChI is InChI=1S/C15H18N4O2/c1-18(2)12-7-5-11(6-8-12)9-13-15(20)19(3)14(17-13)10-16-21-4/h5-10H,1-4H3/b13-9-,16-10+. The third-order valence-corrected chi connectivity index (χ3v) is 3.09. The van der Waals surface area contributed by atoms with Gasteiger partial charge in [-0.25, -0.2) is 4.99 Å². The van der Waals surface area contributed by atoms with Gasteiger partial charge in [0, 0.05) is 26.8 Å². The van der Waals surface area contributed by atoms with Gasteiger partial charge in [0.1, 0.15) is 19.0 Å². The first-order valence-electron chi connectivity index (χ1n) is 6.45. The van der Waals surface area contributed by atoms with Gasteiger partial charge < -0.3 is 9.74 Å². The van der Waals surface area contributed by atoms with Crippen LogP contribution >= 0.6 is 0 Å². The zero-order valence-corrected chi connectivity index (χ0v) is 12.6. The van der Waals surface area contributed by atoms with Gasteiger partial charge in [0.05, 0.1) is 0 Å². The van der Waals surface area contributed by atoms with Crippen molar-refractivity contribution in [3.63, 3.8) is 0 Å². The van der Waals surface area contributed by atoms with Crippen LogP contribution < -0.4 is 4.90 Å². The van der Waals surface area contributed by atoms with Gasteiger partial charge >= 0.3 is 0 Å². The molecule has 0 N–H and O–H groups in total. The van der Waals surface area contributed by atoms with Gasteiger partial charge in [-0.15, -0.1) is 0 Å². The van der Waals surface area contributed by atoms with Crippen LogP contribution in [0.15, 0.2) is 40.1 Å². The van der Waals surface area contributed by atoms with E-state index < -0.39 is 0 Å². The molecule has 21 heavy (non-hydrogen) atoms. The molecule has 0 fully saturated rings. The number of carbonyl (C=O) groups is 1. The summed E-state index contributed by atoms with van der Waals surface area (Å²) >= 11 is 0. The fraction of sp³-hybridized carbons (Fsp3) is 0.267. The molecule has 6 nitrogen and oxygen atoms in total. The summed E-state index contributed by atoms with van der Waals surface area (Å²) in [5.41, 5.74) is 2.40. The van der Waals surface area contributed by atoms with Crippen molar-refractivity contribution in [1.82, 2.24) is 4.90 Å². The van der Waals surface area contributed by atoms with E-state index in [4.69, 9.17) is 0 Å². The maximum Gasteiger partial charge on any atom is 0.277 e. The van der Waals surface area contributed by atoms with Gasteiger partial charge in [-0.1, -0.05) is 17.3 Å². The van der Waals surface area contributed by atoms with Crippen LogP contribution in [0.25, 0.3) is 6.08 Å². The first kappa shape index (κ1) is 14.8. The van der Waals surface area contributed by atoms with Crippen molar-refractivity contribution in [3.8, 4) is 0 Å². The van der Waals surface area contributed by atoms with Crippen LogP contribution in [-0.2, 0) is 9.63 Å². The predicted molar refractivity (Wildman–Crippen MR) is 84.5 cm³/mol. The molecule has 0 atom stereocenters. The lowest BCUT2D eigenvalue weighted by Crippen LogP contribution is -2.28. The molecule has 0 radical (unpaired) electrons. The van der Waals surface area contributed by atoms with Gasteiger partial charge in [-0.2, -0.15) is 0 Å². The summed E-state index contributed by atoms with van der Waals surface area (Å²) < 4.78 is 0. The summed E-state index contributed by atoms with van der Waals surface area (Å²) in [6, 6.07) is 7.89. The van der Waals surface area contributed by atoms with Crippen LogP contribution in [0, 0.1) is 0 Å². The molecule has 0 aliphatic carbocycles. The number of oxime groups is 1. The fourth-order valence-corrected chi connectivity index (χ4v) is 1.86. The Morgan fingerprint density at radius 2 is 1.95 bits per heavy atom. The van der Waals surface area contributed by atoms with E-state index in [9.17, 15) is 4.79 Å². The number of amidine groups is 1. The molecule has 1 heterocycles. The van der Waals surface area contributed by atoms with Gasteiger partial charge in [0.2, 0.25) is 0 Å². The zero-order chi connectivity index (χ0) is 15.4. The van der Waals surface area contributed by atoms with Crippen LogP contribution in [0.1, 0.15) is 5.56 Å². The molecule has 0 saturated heterocycles. The zero-order valence-electron chi connectivity index (χ0n) is 12.6. The number of aliphatic imine (C=N–C) groups is 1. The Kier molecular flexibility index (Phi) is 4.37. The molecule has 110 valence electrons. The SMILES string of the molecule is CO/N=C/C1=NC(=C\c2ccc(N(C)C)cc2)/C(=O)N1C. The average molecular weight is 286 g/mol. The van der Waals surface area contributed by atoms with Gasteiger partial charge in [0.25, 0.3) is 5.91 Å². The number of carbonyl (C=O) groups excluding carboxylic acids is 1. The highest BCUT2D eigenvalue weighted by Gasteiger charge is 2.25. The third-order valence-electron chi connectivity index (χ3n) is 3.09. The Morgan fingerprint density at radius 1 is 1.29 bits per heavy atom. The molecule has 1 aliphatic heterocycles. The summed E-state index contributed by atoms with van der Waals surface area (Å²) in [6.45, 7) is 0. The summed E-state index contributed by atoms with van der Waals surface area (Å²) in [7, 11) is 7.05. The summed E-state index contributed by atoms with van der Waals surface area (Å²) in [5, 5.41) is 3.63. The Hall–Kier alpha value is -2.63. The molecular formula is C15H18N4O2. The number of hydrogen-bond acceptors (Lipinski definition) is 5. The predicted octanol–water partition coefficient (Wildman–Crippen LogP) is 1.60. The lowest BCUT2D eigenvalue weighted by Gasteiger charge is -2.11. The smallest absolute Gasteiger partial charge is 0.277 e. The molecular weight excluding hydrogens is 268 g/mol. The van der Waals surface area contributed by atoms with Gasteiger partial charge in [-0.05, 0) is 23.8 Å². The number of hydrogen-bond donors (Lipinski definition) is 0. The second kappa shape index (κ2) is 6.21. The molecule has 1 aromatic carbocycles. The Morgan fingerprint density at radius 3 is 2.52 bits per heavy atom. The highest BCUT2D eigenvalue weighted by molar-refractivity contribution is 6.37. The minimum absolute atomic E-state index is 0.163. The van der Waals surface area contributed by atoms with Crippen LogP contribution in [0.2, 0.25) is 0 Å². The number of benzene rings is 1. The van der Waals surface area contributed by atoms with Crippen LogP contribution in [0.4, 0.5) is 5.69 Å². The van der Waals surface area contributed by atoms with E-state index in [2.05, 4.69) is 15.0 Å². The van der Waals surface area contributed by atoms with Gasteiger partial charge in [-0.3, -0.25) is 9.69 Å². The van der Waals surface area contributed by atoms with Crippen molar-refractivity contribution >= 4 is 29.7 Å². The lowest BCUT2D eigenvalue weighted by atomic mass is 10.1. The molecule has 0 bridgehead atoms. The largest absolute Gasteiger partial charge is 0.399 e. The van der Waals surface area contributed by atoms with E-state index in [1.54, 1.807) is 13.1 Å². The normalized spacial score (nSPS) is 16.8. The van der Waals surface area contributed by atoms with Crippen molar-refractivity contribution < 1.29 is 9.63 Å². The monoisotopic (exact) mass is 286 g/mol. The molecule has 0 spiro atoms. The maximum absolute atomic E-state index is 12.1. The van der Waals surface area contributed by atoms with Gasteiger partial charge in [0.15, 0.2) is 5.84 Å². The summed E-state index contributed by atoms with van der Waals surface area (Å²) in [4.78, 5) is 24.4. The molecule has 1 aromatic rings. The van der Waals surface area contributed by atoms with Crippen molar-refractivity contribution in [2.45, 2.75) is 0 Å². The highest BCUT2D eigenvalue weighted by Crippen LogP contribution is 2.18. The van der Waals surface area contributed by atoms with E-state index in [1.807, 2.05) is 43.3 Å². The minimum atomic E-state index is -0.163. The van der Waals surface area contributed by atoms with Crippen molar-refractivity contribution in [3.05, 3.63) is 35.5 Å². The van der Waals surface area contributed by atoms with Crippen molar-refractivity contribution in [2.24, 2.45) is 10.1 Å². The second-order valence-corrected chi connectivity index (χ2v) is 4.77. The molecule has 0 aromatic heterocycles. The number of likely N-dealkylation sites (N-methyl/N-ethyl adjacent to an activating group) is 1. The van der Waals surface area contributed by atoms with E-state index >= 15 is 0 Å². The molecule has 2 rings (SSSR count). The van der Waals surface area contributed by atoms with E-state index in [-0.39, 0.29) is 5.91 Å². The molecule has 1 amide bonds. The van der Waals surface area contributed by atoms with Crippen LogP contribution in [0.3, 0.4) is 0 Å². The lowest BCUT2D eigenvalue weighted by molar-refractivity contribution is -0.121. The fourth-order valence-electron chi connectivity index (χ4n) is 1.86. The molecule has 0 saturated carbocycles. The van der Waals surface area contributed by atoms with E-state index in [0.29, 0.717) is 11.5 Å². The van der Waals surface area contributed by atoms with E-state index in [1.165, 1.54) is 18.2 Å². The maximum atomic E-state index is 12.1. The topological polar surface area (TPSA) is 57.5 Å². The average Bonchev–Trinajstić information content (AvgIpc) is 2.74. The Labute approximate surface area is 124 Å². The summed E-state index contributed by atoms with van der Waals surface area (Å²) in [6.07, 6.45) is 3.17. The molecule has 0 unspecified atom stereocenters. The number of amides is 1. The van der Waals surface area contributed by atoms with Crippen LogP contribution in [-0.4, -0.2) is 51.1 Å². The number of nitrogens with zero attached hydrogens (tertiary/aromatic N) is 4. The quantitative estimate of drug-likeness (QED) is 0.480. The molecule has 1 aliphatic rings. The molecule has 6 heteroatoms. The van der Waals surface area contributed by atoms with Crippen molar-refractivity contribution in [2.75, 3.05) is 33.2 Å². The first-order chi connectivity index (χ1) is 10.0. The number of rotatable bonds is 4. The van der Waals surface area contributed by atoms with Crippen LogP contribution in [0.5, 0.6) is 0 Å². The first-order valence-corrected chi connectivity index (χ1v) is 6.45. The minimum Gasteiger partial charge on any atom is -0.399 e.